The number of nitrogens with two attached hydrogens (primary N) is 1. The van der Waals surface area contributed by atoms with Crippen molar-refractivity contribution >= 4 is 0 Å². The van der Waals surface area contributed by atoms with E-state index in [0.29, 0.717) is 0 Å². The number of benzene rings is 2. The summed E-state index contributed by atoms with van der Waals surface area (Å²) < 4.78 is 5.23. The average molecular weight is 255 g/mol. The molecule has 2 nitrogen and oxygen atoms in total. The van der Waals surface area contributed by atoms with E-state index >= 15 is 0 Å². The molecule has 0 aliphatic rings. The van der Waals surface area contributed by atoms with Gasteiger partial charge in [-0.1, -0.05) is 29.8 Å². The Morgan fingerprint density at radius 3 is 2.00 bits per heavy atom. The minimum absolute atomic E-state index is 0.0912. The Kier molecular flexibility index (Phi) is 3.91. The van der Waals surface area contributed by atoms with E-state index < -0.39 is 0 Å². The first-order valence-corrected chi connectivity index (χ1v) is 6.50. The average Bonchev–Trinajstić information content (AvgIpc) is 2.37. The summed E-state index contributed by atoms with van der Waals surface area (Å²) in [5.41, 5.74) is 12.4. The second-order valence-electron chi connectivity index (χ2n) is 5.06. The quantitative estimate of drug-likeness (QED) is 0.908. The van der Waals surface area contributed by atoms with Crippen molar-refractivity contribution in [1.29, 1.82) is 0 Å². The summed E-state index contributed by atoms with van der Waals surface area (Å²) in [4.78, 5) is 0. The zero-order chi connectivity index (χ0) is 14.0. The number of methoxy groups -OCH3 is 1. The number of ether oxygens (including phenoxy) is 1. The van der Waals surface area contributed by atoms with Gasteiger partial charge in [0, 0.05) is 0 Å². The van der Waals surface area contributed by atoms with Gasteiger partial charge in [-0.3, -0.25) is 0 Å². The van der Waals surface area contributed by atoms with E-state index in [2.05, 4.69) is 45.0 Å². The molecule has 0 spiro atoms. The van der Waals surface area contributed by atoms with Crippen molar-refractivity contribution in [2.24, 2.45) is 5.73 Å². The highest BCUT2D eigenvalue weighted by Gasteiger charge is 2.14. The van der Waals surface area contributed by atoms with Crippen molar-refractivity contribution in [3.63, 3.8) is 0 Å². The van der Waals surface area contributed by atoms with Crippen molar-refractivity contribution in [1.82, 2.24) is 0 Å². The van der Waals surface area contributed by atoms with Gasteiger partial charge in [0.05, 0.1) is 13.2 Å². The van der Waals surface area contributed by atoms with Crippen LogP contribution >= 0.6 is 0 Å². The molecule has 0 amide bonds. The zero-order valence-corrected chi connectivity index (χ0v) is 12.0. The van der Waals surface area contributed by atoms with Gasteiger partial charge in [0.1, 0.15) is 5.75 Å². The fourth-order valence-corrected chi connectivity index (χ4v) is 2.47. The molecule has 1 atom stereocenters. The van der Waals surface area contributed by atoms with Crippen LogP contribution in [0.2, 0.25) is 0 Å². The first-order valence-electron chi connectivity index (χ1n) is 6.50. The summed E-state index contributed by atoms with van der Waals surface area (Å²) in [6.07, 6.45) is 0. The van der Waals surface area contributed by atoms with Crippen LogP contribution < -0.4 is 10.5 Å². The molecule has 0 saturated heterocycles. The Bertz CT molecular complexity index is 590. The Morgan fingerprint density at radius 1 is 0.895 bits per heavy atom. The van der Waals surface area contributed by atoms with Crippen LogP contribution in [0.15, 0.2) is 36.4 Å². The fraction of sp³-hybridized carbons (Fsp3) is 0.294. The maximum absolute atomic E-state index is 6.42. The standard InChI is InChI=1S/C17H21NO/c1-11-5-7-15(12(2)9-11)17(18)16-8-6-14(19-4)10-13(16)3/h5-10,17H,18H2,1-4H3. The lowest BCUT2D eigenvalue weighted by atomic mass is 9.92. The third-order valence-corrected chi connectivity index (χ3v) is 3.57. The maximum Gasteiger partial charge on any atom is 0.119 e. The smallest absolute Gasteiger partial charge is 0.119 e. The largest absolute Gasteiger partial charge is 0.497 e. The van der Waals surface area contributed by atoms with Crippen LogP contribution in [-0.2, 0) is 0 Å². The molecule has 0 aromatic heterocycles. The summed E-state index contributed by atoms with van der Waals surface area (Å²) in [6, 6.07) is 12.4. The minimum atomic E-state index is -0.0912. The summed E-state index contributed by atoms with van der Waals surface area (Å²) in [5, 5.41) is 0. The minimum Gasteiger partial charge on any atom is -0.497 e. The van der Waals surface area contributed by atoms with Crippen molar-refractivity contribution in [2.45, 2.75) is 26.8 Å². The predicted octanol–water partition coefficient (Wildman–Crippen LogP) is 3.67. The van der Waals surface area contributed by atoms with Gasteiger partial charge in [0.15, 0.2) is 0 Å². The highest BCUT2D eigenvalue weighted by Crippen LogP contribution is 2.27. The molecule has 0 aliphatic carbocycles. The summed E-state index contributed by atoms with van der Waals surface area (Å²) >= 11 is 0. The van der Waals surface area contributed by atoms with Crippen LogP contribution in [0.25, 0.3) is 0 Å². The van der Waals surface area contributed by atoms with Crippen LogP contribution in [0.1, 0.15) is 33.9 Å². The molecule has 100 valence electrons. The van der Waals surface area contributed by atoms with Crippen LogP contribution in [0.3, 0.4) is 0 Å². The lowest BCUT2D eigenvalue weighted by molar-refractivity contribution is 0.414. The Morgan fingerprint density at radius 2 is 1.47 bits per heavy atom. The van der Waals surface area contributed by atoms with Gasteiger partial charge < -0.3 is 10.5 Å². The van der Waals surface area contributed by atoms with E-state index in [-0.39, 0.29) is 6.04 Å². The van der Waals surface area contributed by atoms with Gasteiger partial charge >= 0.3 is 0 Å². The molecular formula is C17H21NO. The van der Waals surface area contributed by atoms with E-state index in [1.807, 2.05) is 12.1 Å². The van der Waals surface area contributed by atoms with Crippen LogP contribution in [0, 0.1) is 20.8 Å². The number of rotatable bonds is 3. The highest BCUT2D eigenvalue weighted by atomic mass is 16.5. The van der Waals surface area contributed by atoms with Crippen LogP contribution in [-0.4, -0.2) is 7.11 Å². The van der Waals surface area contributed by atoms with Crippen molar-refractivity contribution in [2.75, 3.05) is 7.11 Å². The normalized spacial score (nSPS) is 12.3. The molecule has 0 heterocycles. The number of aryl methyl sites for hydroxylation is 3. The maximum atomic E-state index is 6.42. The summed E-state index contributed by atoms with van der Waals surface area (Å²) in [7, 11) is 1.68. The molecule has 2 N–H and O–H groups in total. The third kappa shape index (κ3) is 2.79. The van der Waals surface area contributed by atoms with E-state index in [1.54, 1.807) is 7.11 Å². The molecule has 0 aliphatic heterocycles. The molecule has 0 bridgehead atoms. The second-order valence-corrected chi connectivity index (χ2v) is 5.06. The predicted molar refractivity (Wildman–Crippen MR) is 79.7 cm³/mol. The SMILES string of the molecule is COc1ccc(C(N)c2ccc(C)cc2C)c(C)c1. The molecule has 2 aromatic carbocycles. The number of hydrogen-bond acceptors (Lipinski definition) is 2. The Balaban J connectivity index is 2.41. The first kappa shape index (κ1) is 13.6. The molecule has 0 radical (unpaired) electrons. The van der Waals surface area contributed by atoms with E-state index in [0.717, 1.165) is 16.9 Å². The molecule has 19 heavy (non-hydrogen) atoms. The molecule has 1 unspecified atom stereocenters. The van der Waals surface area contributed by atoms with Gasteiger partial charge in [-0.15, -0.1) is 0 Å². The van der Waals surface area contributed by atoms with E-state index in [1.165, 1.54) is 16.7 Å². The second kappa shape index (κ2) is 5.45. The van der Waals surface area contributed by atoms with Crippen molar-refractivity contribution < 1.29 is 4.74 Å². The van der Waals surface area contributed by atoms with Crippen molar-refractivity contribution in [3.05, 3.63) is 64.2 Å². The monoisotopic (exact) mass is 255 g/mol. The molecule has 2 aromatic rings. The van der Waals surface area contributed by atoms with Gasteiger partial charge in [0.25, 0.3) is 0 Å². The lowest BCUT2D eigenvalue weighted by Gasteiger charge is -2.18. The summed E-state index contributed by atoms with van der Waals surface area (Å²) in [6.45, 7) is 6.28. The van der Waals surface area contributed by atoms with Crippen molar-refractivity contribution in [3.8, 4) is 5.75 Å². The molecule has 2 heteroatoms. The van der Waals surface area contributed by atoms with Gasteiger partial charge in [-0.2, -0.15) is 0 Å². The Hall–Kier alpha value is -1.80. The van der Waals surface area contributed by atoms with E-state index in [4.69, 9.17) is 10.5 Å². The molecular weight excluding hydrogens is 234 g/mol. The van der Waals surface area contributed by atoms with Gasteiger partial charge in [0.2, 0.25) is 0 Å². The topological polar surface area (TPSA) is 35.2 Å². The molecule has 0 fully saturated rings. The van der Waals surface area contributed by atoms with E-state index in [9.17, 15) is 0 Å². The lowest BCUT2D eigenvalue weighted by Crippen LogP contribution is -2.14. The summed E-state index contributed by atoms with van der Waals surface area (Å²) in [5.74, 6) is 0.870. The van der Waals surface area contributed by atoms with Crippen LogP contribution in [0.4, 0.5) is 0 Å². The Labute approximate surface area is 115 Å². The fourth-order valence-electron chi connectivity index (χ4n) is 2.47. The highest BCUT2D eigenvalue weighted by molar-refractivity contribution is 5.43. The number of hydrogen-bond donors (Lipinski definition) is 1. The molecule has 2 rings (SSSR count). The van der Waals surface area contributed by atoms with Gasteiger partial charge in [-0.05, 0) is 55.2 Å². The third-order valence-electron chi connectivity index (χ3n) is 3.57. The zero-order valence-electron chi connectivity index (χ0n) is 12.0. The molecule has 0 saturated carbocycles. The first-order chi connectivity index (χ1) is 9.02. The van der Waals surface area contributed by atoms with Gasteiger partial charge in [-0.25, -0.2) is 0 Å². The van der Waals surface area contributed by atoms with Crippen LogP contribution in [0.5, 0.6) is 5.75 Å².